The van der Waals surface area contributed by atoms with Crippen molar-refractivity contribution >= 4 is 11.7 Å². The number of nitrogens with one attached hydrogen (secondary N) is 1. The Morgan fingerprint density at radius 1 is 1.13 bits per heavy atom. The number of ketones is 1. The molecule has 4 heteroatoms. The van der Waals surface area contributed by atoms with Crippen molar-refractivity contribution in [3.8, 4) is 0 Å². The van der Waals surface area contributed by atoms with Gasteiger partial charge in [0.05, 0.1) is 17.6 Å². The van der Waals surface area contributed by atoms with Gasteiger partial charge in [-0.25, -0.2) is 0 Å². The summed E-state index contributed by atoms with van der Waals surface area (Å²) in [4.78, 5) is 25.1. The largest absolute Gasteiger partial charge is 0.377 e. The summed E-state index contributed by atoms with van der Waals surface area (Å²) < 4.78 is 5.77. The van der Waals surface area contributed by atoms with Crippen molar-refractivity contribution < 1.29 is 14.3 Å². The Morgan fingerprint density at radius 3 is 2.09 bits per heavy atom. The van der Waals surface area contributed by atoms with E-state index in [1.807, 2.05) is 20.8 Å². The number of ether oxygens (including phenoxy) is 1. The summed E-state index contributed by atoms with van der Waals surface area (Å²) >= 11 is 0. The highest BCUT2D eigenvalue weighted by Crippen LogP contribution is 2.51. The van der Waals surface area contributed by atoms with Crippen molar-refractivity contribution in [2.24, 2.45) is 17.3 Å². The van der Waals surface area contributed by atoms with Crippen LogP contribution in [0.3, 0.4) is 0 Å². The van der Waals surface area contributed by atoms with Crippen molar-refractivity contribution in [2.45, 2.75) is 84.3 Å². The van der Waals surface area contributed by atoms with E-state index >= 15 is 0 Å². The maximum absolute atomic E-state index is 13.1. The molecule has 0 saturated heterocycles. The van der Waals surface area contributed by atoms with Gasteiger partial charge in [-0.2, -0.15) is 0 Å². The number of methoxy groups -OCH3 is 1. The average Bonchev–Trinajstić information content (AvgIpc) is 3.25. The summed E-state index contributed by atoms with van der Waals surface area (Å²) in [5, 5.41) is 3.07. The van der Waals surface area contributed by atoms with Crippen LogP contribution in [0.15, 0.2) is 0 Å². The first kappa shape index (κ1) is 18.4. The lowest BCUT2D eigenvalue weighted by Crippen LogP contribution is -2.53. The van der Waals surface area contributed by atoms with Crippen LogP contribution in [-0.4, -0.2) is 30.4 Å². The second-order valence-electron chi connectivity index (χ2n) is 8.56. The van der Waals surface area contributed by atoms with Crippen molar-refractivity contribution in [3.63, 3.8) is 0 Å². The predicted molar refractivity (Wildman–Crippen MR) is 91.1 cm³/mol. The summed E-state index contributed by atoms with van der Waals surface area (Å²) in [6.45, 7) is 7.56. The Kier molecular flexibility index (Phi) is 5.55. The Morgan fingerprint density at radius 2 is 1.70 bits per heavy atom. The van der Waals surface area contributed by atoms with Gasteiger partial charge >= 0.3 is 0 Å². The number of carbonyl (C=O) groups is 2. The third kappa shape index (κ3) is 4.14. The maximum Gasteiger partial charge on any atom is 0.226 e. The van der Waals surface area contributed by atoms with Crippen LogP contribution in [0, 0.1) is 17.3 Å². The van der Waals surface area contributed by atoms with E-state index in [4.69, 9.17) is 4.74 Å². The summed E-state index contributed by atoms with van der Waals surface area (Å²) in [6.07, 6.45) is 7.78. The smallest absolute Gasteiger partial charge is 0.226 e. The minimum Gasteiger partial charge on any atom is -0.377 e. The first-order valence-electron chi connectivity index (χ1n) is 9.07. The molecule has 4 nitrogen and oxygen atoms in total. The van der Waals surface area contributed by atoms with E-state index in [-0.39, 0.29) is 28.6 Å². The summed E-state index contributed by atoms with van der Waals surface area (Å²) in [5.74, 6) is 0.317. The average molecular weight is 323 g/mol. The second-order valence-corrected chi connectivity index (χ2v) is 8.56. The number of amides is 1. The van der Waals surface area contributed by atoms with Gasteiger partial charge in [0.1, 0.15) is 0 Å². The fourth-order valence-electron chi connectivity index (χ4n) is 4.28. The van der Waals surface area contributed by atoms with Crippen LogP contribution >= 0.6 is 0 Å². The quantitative estimate of drug-likeness (QED) is 0.814. The number of carbonyl (C=O) groups excluding carboxylic acids is 2. The van der Waals surface area contributed by atoms with Crippen LogP contribution in [0.4, 0.5) is 0 Å². The molecule has 1 N–H and O–H groups in total. The fraction of sp³-hybridized carbons (Fsp3) is 0.895. The fourth-order valence-corrected chi connectivity index (χ4v) is 4.28. The molecule has 0 aliphatic heterocycles. The second kappa shape index (κ2) is 6.92. The molecule has 2 rings (SSSR count). The third-order valence-corrected chi connectivity index (χ3v) is 5.68. The van der Waals surface area contributed by atoms with Gasteiger partial charge < -0.3 is 10.1 Å². The van der Waals surface area contributed by atoms with Crippen LogP contribution in [-0.2, 0) is 14.3 Å². The van der Waals surface area contributed by atoms with Gasteiger partial charge in [0.25, 0.3) is 0 Å². The topological polar surface area (TPSA) is 55.4 Å². The van der Waals surface area contributed by atoms with Gasteiger partial charge in [-0.05, 0) is 43.9 Å². The predicted octanol–water partition coefficient (Wildman–Crippen LogP) is 3.48. The van der Waals surface area contributed by atoms with E-state index in [1.54, 1.807) is 14.0 Å². The monoisotopic (exact) mass is 323 g/mol. The molecular formula is C19H33NO3. The molecule has 0 bridgehead atoms. The maximum atomic E-state index is 13.1. The first-order chi connectivity index (χ1) is 10.7. The molecule has 132 valence electrons. The molecule has 23 heavy (non-hydrogen) atoms. The minimum atomic E-state index is -0.436. The summed E-state index contributed by atoms with van der Waals surface area (Å²) in [7, 11) is 1.72. The molecule has 0 spiro atoms. The van der Waals surface area contributed by atoms with Crippen LogP contribution in [0.1, 0.15) is 72.6 Å². The van der Waals surface area contributed by atoms with Gasteiger partial charge in [0, 0.05) is 7.11 Å². The van der Waals surface area contributed by atoms with Gasteiger partial charge in [-0.15, -0.1) is 0 Å². The Hall–Kier alpha value is -0.900. The third-order valence-electron chi connectivity index (χ3n) is 5.68. The zero-order chi connectivity index (χ0) is 17.3. The lowest BCUT2D eigenvalue weighted by Gasteiger charge is -2.37. The molecule has 2 atom stereocenters. The van der Waals surface area contributed by atoms with Gasteiger partial charge in [0.2, 0.25) is 5.91 Å². The van der Waals surface area contributed by atoms with Crippen LogP contribution in [0.5, 0.6) is 0 Å². The zero-order valence-corrected chi connectivity index (χ0v) is 15.4. The molecule has 0 heterocycles. The summed E-state index contributed by atoms with van der Waals surface area (Å²) in [5.41, 5.74) is -0.562. The van der Waals surface area contributed by atoms with Crippen molar-refractivity contribution in [2.75, 3.05) is 7.11 Å². The van der Waals surface area contributed by atoms with E-state index < -0.39 is 6.04 Å². The standard InChI is InChI=1S/C19H33NO3/c1-13(21)16(18(2,3)4)20-17(22)15(19(23-5)11-12-19)14-9-7-6-8-10-14/h14-16H,6-12H2,1-5H3,(H,20,22)/t15-,16-/m1/s1. The molecule has 0 aromatic rings. The van der Waals surface area contributed by atoms with E-state index in [0.717, 1.165) is 25.7 Å². The molecular weight excluding hydrogens is 290 g/mol. The molecule has 0 unspecified atom stereocenters. The Bertz CT molecular complexity index is 442. The normalized spacial score (nSPS) is 23.9. The molecule has 0 aromatic carbocycles. The van der Waals surface area contributed by atoms with Crippen LogP contribution in [0.2, 0.25) is 0 Å². The van der Waals surface area contributed by atoms with Crippen LogP contribution < -0.4 is 5.32 Å². The number of hydrogen-bond donors (Lipinski definition) is 1. The van der Waals surface area contributed by atoms with Crippen molar-refractivity contribution in [1.29, 1.82) is 0 Å². The Labute approximate surface area is 140 Å². The summed E-state index contributed by atoms with van der Waals surface area (Å²) in [6, 6.07) is -0.436. The highest BCUT2D eigenvalue weighted by Gasteiger charge is 2.56. The molecule has 1 amide bonds. The highest BCUT2D eigenvalue weighted by molar-refractivity contribution is 5.89. The lowest BCUT2D eigenvalue weighted by atomic mass is 9.75. The number of Topliss-reactive ketones (excluding diaryl/α,β-unsaturated/α-hetero) is 1. The van der Waals surface area contributed by atoms with E-state index in [2.05, 4.69) is 5.32 Å². The van der Waals surface area contributed by atoms with E-state index in [9.17, 15) is 9.59 Å². The Balaban J connectivity index is 2.18. The molecule has 2 aliphatic rings. The van der Waals surface area contributed by atoms with Gasteiger partial charge in [-0.1, -0.05) is 40.0 Å². The van der Waals surface area contributed by atoms with Crippen LogP contribution in [0.25, 0.3) is 0 Å². The lowest BCUT2D eigenvalue weighted by molar-refractivity contribution is -0.139. The van der Waals surface area contributed by atoms with Gasteiger partial charge in [-0.3, -0.25) is 9.59 Å². The highest BCUT2D eigenvalue weighted by atomic mass is 16.5. The van der Waals surface area contributed by atoms with Crippen molar-refractivity contribution in [3.05, 3.63) is 0 Å². The zero-order valence-electron chi connectivity index (χ0n) is 15.4. The van der Waals surface area contributed by atoms with E-state index in [1.165, 1.54) is 19.3 Å². The molecule has 0 aromatic heterocycles. The van der Waals surface area contributed by atoms with E-state index in [0.29, 0.717) is 5.92 Å². The molecule has 2 saturated carbocycles. The van der Waals surface area contributed by atoms with Crippen molar-refractivity contribution in [1.82, 2.24) is 5.32 Å². The first-order valence-corrected chi connectivity index (χ1v) is 9.07. The SMILES string of the molecule is COC1([C@@H](C(=O)N[C@H](C(C)=O)C(C)(C)C)C2CCCCC2)CC1. The number of hydrogen-bond acceptors (Lipinski definition) is 3. The molecule has 2 aliphatic carbocycles. The molecule has 2 fully saturated rings. The minimum absolute atomic E-state index is 0.0198. The number of rotatable bonds is 6. The van der Waals surface area contributed by atoms with Gasteiger partial charge in [0.15, 0.2) is 5.78 Å². The molecule has 0 radical (unpaired) electrons.